The molecule has 0 bridgehead atoms. The number of rotatable bonds is 5. The second-order valence-corrected chi connectivity index (χ2v) is 4.16. The van der Waals surface area contributed by atoms with Crippen molar-refractivity contribution < 1.29 is 34.5 Å². The lowest BCUT2D eigenvalue weighted by molar-refractivity contribution is -0.147. The van der Waals surface area contributed by atoms with Crippen LogP contribution in [0.15, 0.2) is 0 Å². The molecule has 9 heteroatoms. The van der Waals surface area contributed by atoms with E-state index in [1.165, 1.54) is 0 Å². The predicted octanol–water partition coefficient (Wildman–Crippen LogP) is -1.84. The van der Waals surface area contributed by atoms with Crippen molar-refractivity contribution >= 4 is 13.7 Å². The summed E-state index contributed by atoms with van der Waals surface area (Å²) < 4.78 is 10.7. The second-order valence-electron chi connectivity index (χ2n) is 2.62. The fourth-order valence-electron chi connectivity index (χ4n) is 0.915. The standard InChI is InChI=1S/C5H12NO7P/c1-3(8)4(5(9)10)6(2-7)14(11,12)13/h3-4,7-8H,2H2,1H3,(H,9,10)(H2,11,12,13). The third kappa shape index (κ3) is 3.33. The lowest BCUT2D eigenvalue weighted by Gasteiger charge is -2.28. The van der Waals surface area contributed by atoms with E-state index in [0.717, 1.165) is 6.92 Å². The zero-order valence-corrected chi connectivity index (χ0v) is 8.20. The van der Waals surface area contributed by atoms with Gasteiger partial charge < -0.3 is 25.1 Å². The summed E-state index contributed by atoms with van der Waals surface area (Å²) in [4.78, 5) is 27.8. The van der Waals surface area contributed by atoms with Crippen molar-refractivity contribution in [1.82, 2.24) is 4.67 Å². The first kappa shape index (κ1) is 13.5. The molecule has 84 valence electrons. The van der Waals surface area contributed by atoms with E-state index in [0.29, 0.717) is 0 Å². The first-order chi connectivity index (χ1) is 6.21. The van der Waals surface area contributed by atoms with E-state index in [-0.39, 0.29) is 4.67 Å². The van der Waals surface area contributed by atoms with Gasteiger partial charge in [0.2, 0.25) is 0 Å². The van der Waals surface area contributed by atoms with E-state index in [1.54, 1.807) is 0 Å². The maximum Gasteiger partial charge on any atom is 0.405 e. The normalized spacial score (nSPS) is 16.7. The van der Waals surface area contributed by atoms with E-state index in [2.05, 4.69) is 0 Å². The molecule has 0 fully saturated rings. The average molecular weight is 229 g/mol. The third-order valence-corrected chi connectivity index (χ3v) is 2.56. The largest absolute Gasteiger partial charge is 0.480 e. The molecule has 0 aliphatic rings. The molecule has 8 nitrogen and oxygen atoms in total. The van der Waals surface area contributed by atoms with Crippen LogP contribution in [0, 0.1) is 0 Å². The van der Waals surface area contributed by atoms with E-state index in [4.69, 9.17) is 25.1 Å². The highest BCUT2D eigenvalue weighted by molar-refractivity contribution is 7.49. The summed E-state index contributed by atoms with van der Waals surface area (Å²) in [6.45, 7) is -0.108. The topological polar surface area (TPSA) is 139 Å². The molecule has 0 heterocycles. The molecule has 0 aromatic rings. The van der Waals surface area contributed by atoms with Gasteiger partial charge in [-0.2, -0.15) is 4.67 Å². The Morgan fingerprint density at radius 2 is 1.93 bits per heavy atom. The SMILES string of the molecule is CC(O)C(C(=O)O)N(CO)P(=O)(O)O. The minimum absolute atomic E-state index is 0. The number of aliphatic carboxylic acids is 1. The van der Waals surface area contributed by atoms with Gasteiger partial charge in [-0.25, -0.2) is 4.57 Å². The lowest BCUT2D eigenvalue weighted by atomic mass is 10.2. The Hall–Kier alpha value is -0.500. The third-order valence-electron chi connectivity index (χ3n) is 1.51. The number of aliphatic hydroxyl groups excluding tert-OH is 2. The molecule has 0 saturated carbocycles. The zero-order chi connectivity index (χ0) is 11.5. The second kappa shape index (κ2) is 4.83. The van der Waals surface area contributed by atoms with Gasteiger partial charge >= 0.3 is 13.7 Å². The molecule has 0 saturated heterocycles. The molecule has 0 aliphatic carbocycles. The number of nitrogens with zero attached hydrogens (tertiary/aromatic N) is 1. The van der Waals surface area contributed by atoms with Gasteiger partial charge in [0.15, 0.2) is 0 Å². The van der Waals surface area contributed by atoms with Crippen molar-refractivity contribution in [1.29, 1.82) is 0 Å². The summed E-state index contributed by atoms with van der Waals surface area (Å²) >= 11 is 0. The van der Waals surface area contributed by atoms with Crippen LogP contribution in [0.3, 0.4) is 0 Å². The van der Waals surface area contributed by atoms with Crippen LogP contribution in [0.25, 0.3) is 0 Å². The van der Waals surface area contributed by atoms with E-state index < -0.39 is 32.6 Å². The molecule has 2 unspecified atom stereocenters. The van der Waals surface area contributed by atoms with Crippen LogP contribution >= 0.6 is 7.75 Å². The van der Waals surface area contributed by atoms with Crippen LogP contribution in [0.4, 0.5) is 0 Å². The monoisotopic (exact) mass is 229 g/mol. The summed E-state index contributed by atoms with van der Waals surface area (Å²) in [5, 5.41) is 26.1. The number of carbonyl (C=O) groups is 1. The van der Waals surface area contributed by atoms with Crippen LogP contribution in [0.1, 0.15) is 6.92 Å². The summed E-state index contributed by atoms with van der Waals surface area (Å²) in [5.41, 5.74) is 0. The van der Waals surface area contributed by atoms with E-state index >= 15 is 0 Å². The molecule has 0 aromatic heterocycles. The van der Waals surface area contributed by atoms with Crippen LogP contribution in [-0.2, 0) is 9.36 Å². The molecule has 14 heavy (non-hydrogen) atoms. The minimum atomic E-state index is -4.90. The maximum atomic E-state index is 10.7. The molecular formula is C5H12NO7P. The average Bonchev–Trinajstić information content (AvgIpc) is 1.95. The van der Waals surface area contributed by atoms with Crippen molar-refractivity contribution in [3.63, 3.8) is 0 Å². The fraction of sp³-hybridized carbons (Fsp3) is 0.800. The van der Waals surface area contributed by atoms with Crippen molar-refractivity contribution in [2.24, 2.45) is 0 Å². The van der Waals surface area contributed by atoms with Gasteiger partial charge in [-0.05, 0) is 6.92 Å². The van der Waals surface area contributed by atoms with Gasteiger partial charge in [0, 0.05) is 0 Å². The van der Waals surface area contributed by atoms with Crippen LogP contribution in [-0.4, -0.2) is 54.6 Å². The van der Waals surface area contributed by atoms with E-state index in [1.807, 2.05) is 0 Å². The highest BCUT2D eigenvalue weighted by Gasteiger charge is 2.39. The maximum absolute atomic E-state index is 10.7. The Morgan fingerprint density at radius 3 is 2.00 bits per heavy atom. The van der Waals surface area contributed by atoms with Gasteiger partial charge in [0.25, 0.3) is 0 Å². The predicted molar refractivity (Wildman–Crippen MR) is 44.1 cm³/mol. The highest BCUT2D eigenvalue weighted by atomic mass is 31.2. The summed E-state index contributed by atoms with van der Waals surface area (Å²) in [7, 11) is -4.90. The Morgan fingerprint density at radius 1 is 1.50 bits per heavy atom. The molecule has 0 rings (SSSR count). The number of carboxylic acid groups (broad SMARTS) is 1. The highest BCUT2D eigenvalue weighted by Crippen LogP contribution is 2.41. The number of aliphatic hydroxyl groups is 2. The smallest absolute Gasteiger partial charge is 0.405 e. The molecule has 0 spiro atoms. The van der Waals surface area contributed by atoms with Crippen molar-refractivity contribution in [2.75, 3.05) is 6.73 Å². The Kier molecular flexibility index (Phi) is 4.66. The van der Waals surface area contributed by atoms with Gasteiger partial charge in [-0.15, -0.1) is 0 Å². The van der Waals surface area contributed by atoms with Crippen LogP contribution in [0.2, 0.25) is 0 Å². The van der Waals surface area contributed by atoms with Gasteiger partial charge in [-0.1, -0.05) is 0 Å². The lowest BCUT2D eigenvalue weighted by Crippen LogP contribution is -2.46. The zero-order valence-electron chi connectivity index (χ0n) is 7.31. The molecule has 2 atom stereocenters. The van der Waals surface area contributed by atoms with Crippen molar-refractivity contribution in [3.8, 4) is 0 Å². The molecule has 0 aliphatic heterocycles. The van der Waals surface area contributed by atoms with Gasteiger partial charge in [-0.3, -0.25) is 4.79 Å². The molecule has 5 N–H and O–H groups in total. The molecular weight excluding hydrogens is 217 g/mol. The quantitative estimate of drug-likeness (QED) is 0.274. The Bertz CT molecular complexity index is 248. The summed E-state index contributed by atoms with van der Waals surface area (Å²) in [6.07, 6.45) is -1.52. The van der Waals surface area contributed by atoms with Crippen molar-refractivity contribution in [2.45, 2.75) is 19.1 Å². The summed E-state index contributed by atoms with van der Waals surface area (Å²) in [5.74, 6) is -1.63. The number of hydrogen-bond acceptors (Lipinski definition) is 4. The minimum Gasteiger partial charge on any atom is -0.480 e. The molecule has 0 radical (unpaired) electrons. The number of hydrogen-bond donors (Lipinski definition) is 5. The van der Waals surface area contributed by atoms with Crippen LogP contribution < -0.4 is 0 Å². The van der Waals surface area contributed by atoms with E-state index in [9.17, 15) is 9.36 Å². The molecule has 0 aromatic carbocycles. The van der Waals surface area contributed by atoms with Crippen LogP contribution in [0.5, 0.6) is 0 Å². The summed E-state index contributed by atoms with van der Waals surface area (Å²) in [6, 6.07) is -1.85. The van der Waals surface area contributed by atoms with Gasteiger partial charge in [0.05, 0.1) is 6.10 Å². The fourth-order valence-corrected chi connectivity index (χ4v) is 1.70. The van der Waals surface area contributed by atoms with Crippen molar-refractivity contribution in [3.05, 3.63) is 0 Å². The van der Waals surface area contributed by atoms with Gasteiger partial charge in [0.1, 0.15) is 12.8 Å². The number of carboxylic acids is 1. The Balaban J connectivity index is 4.97. The first-order valence-corrected chi connectivity index (χ1v) is 5.12. The first-order valence-electron chi connectivity index (χ1n) is 3.56. The Labute approximate surface area is 79.6 Å². The molecule has 0 amide bonds.